The van der Waals surface area contributed by atoms with Gasteiger partial charge in [-0.15, -0.1) is 0 Å². The third-order valence-electron chi connectivity index (χ3n) is 4.15. The van der Waals surface area contributed by atoms with Gasteiger partial charge in [-0.2, -0.15) is 0 Å². The van der Waals surface area contributed by atoms with E-state index < -0.39 is 0 Å². The standard InChI is InChI=1S/C14H28N2O2/c1-17-10-11-18-14-4-8-16(9-5-14)12-13-2-6-15-7-3-13/h13-15H,2-12H2,1H3. The molecule has 2 aliphatic rings. The minimum Gasteiger partial charge on any atom is -0.382 e. The van der Waals surface area contributed by atoms with Crippen LogP contribution in [0.15, 0.2) is 0 Å². The Kier molecular flexibility index (Phi) is 6.41. The van der Waals surface area contributed by atoms with Gasteiger partial charge in [0.25, 0.3) is 0 Å². The first-order chi connectivity index (χ1) is 8.88. The van der Waals surface area contributed by atoms with Gasteiger partial charge >= 0.3 is 0 Å². The molecule has 18 heavy (non-hydrogen) atoms. The van der Waals surface area contributed by atoms with E-state index in [1.807, 2.05) is 0 Å². The quantitative estimate of drug-likeness (QED) is 0.722. The van der Waals surface area contributed by atoms with E-state index in [1.54, 1.807) is 7.11 Å². The minimum absolute atomic E-state index is 0.462. The van der Waals surface area contributed by atoms with Crippen LogP contribution in [0.3, 0.4) is 0 Å². The van der Waals surface area contributed by atoms with Gasteiger partial charge in [0.2, 0.25) is 0 Å². The summed E-state index contributed by atoms with van der Waals surface area (Å²) in [6.45, 7) is 7.60. The van der Waals surface area contributed by atoms with E-state index in [1.165, 1.54) is 58.4 Å². The Labute approximate surface area is 111 Å². The molecule has 0 aromatic rings. The van der Waals surface area contributed by atoms with E-state index in [0.717, 1.165) is 19.1 Å². The molecule has 0 unspecified atom stereocenters. The van der Waals surface area contributed by atoms with E-state index in [9.17, 15) is 0 Å². The highest BCUT2D eigenvalue weighted by Gasteiger charge is 2.22. The number of nitrogens with zero attached hydrogens (tertiary/aromatic N) is 1. The molecule has 2 aliphatic heterocycles. The zero-order chi connectivity index (χ0) is 12.6. The lowest BCUT2D eigenvalue weighted by Crippen LogP contribution is -2.42. The van der Waals surface area contributed by atoms with Crippen molar-refractivity contribution in [1.82, 2.24) is 10.2 Å². The number of ether oxygens (including phenoxy) is 2. The second-order valence-corrected chi connectivity index (χ2v) is 5.56. The molecule has 0 spiro atoms. The van der Waals surface area contributed by atoms with Crippen LogP contribution >= 0.6 is 0 Å². The van der Waals surface area contributed by atoms with Crippen molar-refractivity contribution in [2.24, 2.45) is 5.92 Å². The van der Waals surface area contributed by atoms with Crippen LogP contribution in [0.2, 0.25) is 0 Å². The first-order valence-electron chi connectivity index (χ1n) is 7.42. The molecular formula is C14H28N2O2. The molecule has 0 saturated carbocycles. The van der Waals surface area contributed by atoms with Gasteiger partial charge < -0.3 is 19.7 Å². The van der Waals surface area contributed by atoms with Crippen LogP contribution in [0.1, 0.15) is 25.7 Å². The summed E-state index contributed by atoms with van der Waals surface area (Å²) >= 11 is 0. The van der Waals surface area contributed by atoms with E-state index in [4.69, 9.17) is 9.47 Å². The summed E-state index contributed by atoms with van der Waals surface area (Å²) in [5.41, 5.74) is 0. The van der Waals surface area contributed by atoms with E-state index >= 15 is 0 Å². The molecule has 0 aromatic carbocycles. The Bertz CT molecular complexity index is 212. The van der Waals surface area contributed by atoms with Crippen LogP contribution in [0, 0.1) is 5.92 Å². The van der Waals surface area contributed by atoms with Gasteiger partial charge in [-0.1, -0.05) is 0 Å². The molecule has 2 heterocycles. The summed E-state index contributed by atoms with van der Waals surface area (Å²) in [4.78, 5) is 2.63. The molecule has 4 heteroatoms. The fourth-order valence-electron chi connectivity index (χ4n) is 2.99. The van der Waals surface area contributed by atoms with Crippen molar-refractivity contribution in [3.05, 3.63) is 0 Å². The van der Waals surface area contributed by atoms with Crippen molar-refractivity contribution in [3.8, 4) is 0 Å². The predicted molar refractivity (Wildman–Crippen MR) is 72.9 cm³/mol. The molecule has 4 nitrogen and oxygen atoms in total. The van der Waals surface area contributed by atoms with Crippen LogP contribution in [-0.2, 0) is 9.47 Å². The molecule has 0 amide bonds. The third-order valence-corrected chi connectivity index (χ3v) is 4.15. The summed E-state index contributed by atoms with van der Waals surface area (Å²) < 4.78 is 10.8. The predicted octanol–water partition coefficient (Wildman–Crippen LogP) is 1.11. The van der Waals surface area contributed by atoms with Gasteiger partial charge in [-0.3, -0.25) is 0 Å². The lowest BCUT2D eigenvalue weighted by molar-refractivity contribution is -0.0171. The maximum absolute atomic E-state index is 5.80. The number of hydrogen-bond acceptors (Lipinski definition) is 4. The van der Waals surface area contributed by atoms with Crippen molar-refractivity contribution in [2.75, 3.05) is 53.0 Å². The highest BCUT2D eigenvalue weighted by Crippen LogP contribution is 2.18. The zero-order valence-corrected chi connectivity index (χ0v) is 11.7. The van der Waals surface area contributed by atoms with E-state index in [2.05, 4.69) is 10.2 Å². The number of hydrogen-bond donors (Lipinski definition) is 1. The fourth-order valence-corrected chi connectivity index (χ4v) is 2.99. The van der Waals surface area contributed by atoms with Crippen molar-refractivity contribution >= 4 is 0 Å². The number of piperidine rings is 2. The number of likely N-dealkylation sites (tertiary alicyclic amines) is 1. The van der Waals surface area contributed by atoms with Gasteiger partial charge in [0.15, 0.2) is 0 Å². The molecule has 0 aromatic heterocycles. The minimum atomic E-state index is 0.462. The normalized spacial score (nSPS) is 24.5. The summed E-state index contributed by atoms with van der Waals surface area (Å²) in [5.74, 6) is 0.914. The summed E-state index contributed by atoms with van der Waals surface area (Å²) in [6.07, 6.45) is 5.54. The Morgan fingerprint density at radius 2 is 1.78 bits per heavy atom. The summed E-state index contributed by atoms with van der Waals surface area (Å²) in [5, 5.41) is 3.44. The van der Waals surface area contributed by atoms with E-state index in [0.29, 0.717) is 6.10 Å². The van der Waals surface area contributed by atoms with Crippen LogP contribution in [-0.4, -0.2) is 64.1 Å². The van der Waals surface area contributed by atoms with Crippen LogP contribution in [0.5, 0.6) is 0 Å². The van der Waals surface area contributed by atoms with Crippen LogP contribution < -0.4 is 5.32 Å². The highest BCUT2D eigenvalue weighted by molar-refractivity contribution is 4.77. The molecule has 0 aliphatic carbocycles. The Morgan fingerprint density at radius 1 is 1.06 bits per heavy atom. The fraction of sp³-hybridized carbons (Fsp3) is 1.00. The second-order valence-electron chi connectivity index (χ2n) is 5.56. The maximum atomic E-state index is 5.80. The first kappa shape index (κ1) is 14.3. The van der Waals surface area contributed by atoms with Crippen molar-refractivity contribution in [3.63, 3.8) is 0 Å². The molecule has 2 saturated heterocycles. The lowest BCUT2D eigenvalue weighted by Gasteiger charge is -2.35. The van der Waals surface area contributed by atoms with Crippen molar-refractivity contribution < 1.29 is 9.47 Å². The SMILES string of the molecule is COCCOC1CCN(CC2CCNCC2)CC1. The zero-order valence-electron chi connectivity index (χ0n) is 11.7. The topological polar surface area (TPSA) is 33.7 Å². The smallest absolute Gasteiger partial charge is 0.0704 e. The Morgan fingerprint density at radius 3 is 2.44 bits per heavy atom. The molecule has 106 valence electrons. The van der Waals surface area contributed by atoms with Crippen LogP contribution in [0.25, 0.3) is 0 Å². The molecule has 0 atom stereocenters. The number of nitrogens with one attached hydrogen (secondary N) is 1. The van der Waals surface area contributed by atoms with Gasteiger partial charge in [0, 0.05) is 26.7 Å². The molecule has 0 bridgehead atoms. The second kappa shape index (κ2) is 8.10. The van der Waals surface area contributed by atoms with Crippen LogP contribution in [0.4, 0.5) is 0 Å². The largest absolute Gasteiger partial charge is 0.382 e. The highest BCUT2D eigenvalue weighted by atomic mass is 16.5. The monoisotopic (exact) mass is 256 g/mol. The Balaban J connectivity index is 1.57. The lowest BCUT2D eigenvalue weighted by atomic mass is 9.96. The summed E-state index contributed by atoms with van der Waals surface area (Å²) in [6, 6.07) is 0. The molecule has 0 radical (unpaired) electrons. The van der Waals surface area contributed by atoms with Gasteiger partial charge in [0.1, 0.15) is 0 Å². The first-order valence-corrected chi connectivity index (χ1v) is 7.42. The van der Waals surface area contributed by atoms with Gasteiger partial charge in [0.05, 0.1) is 19.3 Å². The number of rotatable bonds is 6. The average molecular weight is 256 g/mol. The molecule has 1 N–H and O–H groups in total. The molecular weight excluding hydrogens is 228 g/mol. The maximum Gasteiger partial charge on any atom is 0.0704 e. The molecule has 2 fully saturated rings. The van der Waals surface area contributed by atoms with Gasteiger partial charge in [-0.05, 0) is 44.7 Å². The Hall–Kier alpha value is -0.160. The van der Waals surface area contributed by atoms with Crippen molar-refractivity contribution in [1.29, 1.82) is 0 Å². The molecule has 2 rings (SSSR count). The van der Waals surface area contributed by atoms with Gasteiger partial charge in [-0.25, -0.2) is 0 Å². The average Bonchev–Trinajstić information content (AvgIpc) is 2.42. The van der Waals surface area contributed by atoms with E-state index in [-0.39, 0.29) is 0 Å². The summed E-state index contributed by atoms with van der Waals surface area (Å²) in [7, 11) is 1.73. The van der Waals surface area contributed by atoms with Crippen molar-refractivity contribution in [2.45, 2.75) is 31.8 Å². The third kappa shape index (κ3) is 4.84. The number of methoxy groups -OCH3 is 1.